The summed E-state index contributed by atoms with van der Waals surface area (Å²) in [4.78, 5) is 32.8. The molecule has 142 valence electrons. The number of benzene rings is 1. The van der Waals surface area contributed by atoms with Crippen molar-refractivity contribution < 1.29 is 19.1 Å². The number of aromatic nitrogens is 2. The van der Waals surface area contributed by atoms with Crippen molar-refractivity contribution in [2.75, 3.05) is 25.6 Å². The summed E-state index contributed by atoms with van der Waals surface area (Å²) >= 11 is 0. The third kappa shape index (κ3) is 4.79. The minimum Gasteiger partial charge on any atom is -0.465 e. The maximum absolute atomic E-state index is 12.4. The molecule has 27 heavy (non-hydrogen) atoms. The van der Waals surface area contributed by atoms with Gasteiger partial charge in [0.25, 0.3) is 5.91 Å². The fourth-order valence-corrected chi connectivity index (χ4v) is 2.87. The largest absolute Gasteiger partial charge is 0.465 e. The quantitative estimate of drug-likeness (QED) is 0.752. The molecule has 1 aromatic heterocycles. The Morgan fingerprint density at radius 3 is 2.85 bits per heavy atom. The van der Waals surface area contributed by atoms with E-state index < -0.39 is 5.97 Å². The van der Waals surface area contributed by atoms with Crippen LogP contribution in [0.1, 0.15) is 39.5 Å². The predicted octanol–water partition coefficient (Wildman–Crippen LogP) is 2.22. The molecule has 1 amide bonds. The molecule has 0 aliphatic carbocycles. The molecule has 0 radical (unpaired) electrons. The summed E-state index contributed by atoms with van der Waals surface area (Å²) < 4.78 is 10.3. The van der Waals surface area contributed by atoms with E-state index in [0.29, 0.717) is 29.4 Å². The molecule has 2 heterocycles. The maximum Gasteiger partial charge on any atom is 0.339 e. The molecule has 8 nitrogen and oxygen atoms in total. The molecule has 1 saturated heterocycles. The van der Waals surface area contributed by atoms with Gasteiger partial charge in [0.1, 0.15) is 17.3 Å². The number of hydrogen-bond donors (Lipinski definition) is 2. The third-order valence-corrected chi connectivity index (χ3v) is 4.18. The van der Waals surface area contributed by atoms with Gasteiger partial charge < -0.3 is 20.1 Å². The number of rotatable bonds is 6. The Hall–Kier alpha value is -3.00. The highest BCUT2D eigenvalue weighted by atomic mass is 16.5. The van der Waals surface area contributed by atoms with E-state index in [4.69, 9.17) is 9.47 Å². The molecular weight excluding hydrogens is 348 g/mol. The fraction of sp³-hybridized carbons (Fsp3) is 0.368. The monoisotopic (exact) mass is 370 g/mol. The number of nitrogens with zero attached hydrogens (tertiary/aromatic N) is 2. The fourth-order valence-electron chi connectivity index (χ4n) is 2.87. The molecule has 2 aromatic rings. The van der Waals surface area contributed by atoms with E-state index in [1.165, 1.54) is 7.11 Å². The summed E-state index contributed by atoms with van der Waals surface area (Å²) in [6.07, 6.45) is 2.02. The molecule has 1 aliphatic rings. The van der Waals surface area contributed by atoms with Gasteiger partial charge in [0.2, 0.25) is 0 Å². The van der Waals surface area contributed by atoms with Crippen molar-refractivity contribution in [3.05, 3.63) is 47.4 Å². The van der Waals surface area contributed by atoms with Crippen LogP contribution < -0.4 is 10.6 Å². The zero-order valence-electron chi connectivity index (χ0n) is 15.3. The first-order valence-corrected chi connectivity index (χ1v) is 8.76. The van der Waals surface area contributed by atoms with Crippen LogP contribution in [-0.2, 0) is 9.47 Å². The molecule has 1 aliphatic heterocycles. The smallest absolute Gasteiger partial charge is 0.339 e. The van der Waals surface area contributed by atoms with Crippen LogP contribution in [0, 0.1) is 6.92 Å². The van der Waals surface area contributed by atoms with Gasteiger partial charge in [0.15, 0.2) is 0 Å². The number of para-hydroxylation sites is 1. The molecule has 3 rings (SSSR count). The van der Waals surface area contributed by atoms with Crippen molar-refractivity contribution in [1.82, 2.24) is 15.3 Å². The molecule has 1 aromatic carbocycles. The number of carbonyl (C=O) groups excluding carboxylic acids is 2. The van der Waals surface area contributed by atoms with Crippen LogP contribution >= 0.6 is 0 Å². The van der Waals surface area contributed by atoms with Crippen molar-refractivity contribution in [1.29, 1.82) is 0 Å². The topological polar surface area (TPSA) is 102 Å². The normalized spacial score (nSPS) is 16.0. The summed E-state index contributed by atoms with van der Waals surface area (Å²) in [5.74, 6) is 0.109. The lowest BCUT2D eigenvalue weighted by Crippen LogP contribution is -2.32. The Morgan fingerprint density at radius 1 is 1.30 bits per heavy atom. The van der Waals surface area contributed by atoms with Crippen LogP contribution in [0.4, 0.5) is 11.5 Å². The van der Waals surface area contributed by atoms with Crippen LogP contribution in [-0.4, -0.2) is 48.2 Å². The van der Waals surface area contributed by atoms with E-state index in [9.17, 15) is 9.59 Å². The first-order chi connectivity index (χ1) is 13.1. The van der Waals surface area contributed by atoms with E-state index in [1.54, 1.807) is 37.3 Å². The second-order valence-electron chi connectivity index (χ2n) is 6.19. The number of esters is 1. The van der Waals surface area contributed by atoms with Gasteiger partial charge in [-0.1, -0.05) is 12.1 Å². The molecule has 1 fully saturated rings. The van der Waals surface area contributed by atoms with Crippen molar-refractivity contribution in [2.45, 2.75) is 25.9 Å². The van der Waals surface area contributed by atoms with Gasteiger partial charge in [0.05, 0.1) is 24.5 Å². The Bertz CT molecular complexity index is 834. The molecule has 1 atom stereocenters. The second kappa shape index (κ2) is 8.59. The lowest BCUT2D eigenvalue weighted by atomic mass is 10.2. The summed E-state index contributed by atoms with van der Waals surface area (Å²) in [5.41, 5.74) is 1.16. The van der Waals surface area contributed by atoms with Crippen LogP contribution in [0.25, 0.3) is 0 Å². The summed E-state index contributed by atoms with van der Waals surface area (Å²) in [7, 11) is 1.32. The lowest BCUT2D eigenvalue weighted by Gasteiger charge is -2.13. The van der Waals surface area contributed by atoms with Gasteiger partial charge in [-0.15, -0.1) is 0 Å². The average molecular weight is 370 g/mol. The SMILES string of the molecule is COC(=O)c1ccccc1Nc1cc(C(=O)NCC2CCCO2)nc(C)n1. The summed E-state index contributed by atoms with van der Waals surface area (Å²) in [6.45, 7) is 2.89. The van der Waals surface area contributed by atoms with E-state index in [1.807, 2.05) is 0 Å². The number of anilines is 2. The number of ether oxygens (including phenoxy) is 2. The van der Waals surface area contributed by atoms with E-state index >= 15 is 0 Å². The van der Waals surface area contributed by atoms with Crippen LogP contribution in [0.3, 0.4) is 0 Å². The standard InChI is InChI=1S/C19H22N4O4/c1-12-21-16(18(24)20-11-13-6-5-9-27-13)10-17(22-12)23-15-8-4-3-7-14(15)19(25)26-2/h3-4,7-8,10,13H,5-6,9,11H2,1-2H3,(H,20,24)(H,21,22,23). The number of amides is 1. The number of aryl methyl sites for hydroxylation is 1. The van der Waals surface area contributed by atoms with Crippen LogP contribution in [0.2, 0.25) is 0 Å². The van der Waals surface area contributed by atoms with Gasteiger partial charge >= 0.3 is 5.97 Å². The van der Waals surface area contributed by atoms with E-state index in [0.717, 1.165) is 19.4 Å². The van der Waals surface area contributed by atoms with Crippen LogP contribution in [0.15, 0.2) is 30.3 Å². The highest BCUT2D eigenvalue weighted by Gasteiger charge is 2.18. The minimum absolute atomic E-state index is 0.0569. The second-order valence-corrected chi connectivity index (χ2v) is 6.19. The van der Waals surface area contributed by atoms with Gasteiger partial charge in [-0.2, -0.15) is 0 Å². The zero-order valence-corrected chi connectivity index (χ0v) is 15.3. The Morgan fingerprint density at radius 2 is 2.11 bits per heavy atom. The first-order valence-electron chi connectivity index (χ1n) is 8.76. The van der Waals surface area contributed by atoms with Gasteiger partial charge in [0, 0.05) is 19.2 Å². The molecule has 1 unspecified atom stereocenters. The van der Waals surface area contributed by atoms with Crippen molar-refractivity contribution >= 4 is 23.4 Å². The Balaban J connectivity index is 1.75. The highest BCUT2D eigenvalue weighted by molar-refractivity contribution is 5.97. The first kappa shape index (κ1) is 18.8. The third-order valence-electron chi connectivity index (χ3n) is 4.18. The van der Waals surface area contributed by atoms with E-state index in [2.05, 4.69) is 20.6 Å². The molecule has 8 heteroatoms. The number of hydrogen-bond acceptors (Lipinski definition) is 7. The molecular formula is C19H22N4O4. The van der Waals surface area contributed by atoms with Gasteiger partial charge in [-0.3, -0.25) is 4.79 Å². The number of methoxy groups -OCH3 is 1. The lowest BCUT2D eigenvalue weighted by molar-refractivity contribution is 0.0601. The Kier molecular flexibility index (Phi) is 5.97. The predicted molar refractivity (Wildman–Crippen MR) is 99.1 cm³/mol. The van der Waals surface area contributed by atoms with Gasteiger partial charge in [-0.05, 0) is 31.9 Å². The van der Waals surface area contributed by atoms with Crippen molar-refractivity contribution in [3.63, 3.8) is 0 Å². The maximum atomic E-state index is 12.4. The number of nitrogens with one attached hydrogen (secondary N) is 2. The Labute approximate surface area is 157 Å². The molecule has 0 spiro atoms. The van der Waals surface area contributed by atoms with E-state index in [-0.39, 0.29) is 17.7 Å². The molecule has 0 bridgehead atoms. The molecule has 2 N–H and O–H groups in total. The summed E-state index contributed by atoms with van der Waals surface area (Å²) in [6, 6.07) is 8.47. The van der Waals surface area contributed by atoms with Gasteiger partial charge in [-0.25, -0.2) is 14.8 Å². The summed E-state index contributed by atoms with van der Waals surface area (Å²) in [5, 5.41) is 5.91. The highest BCUT2D eigenvalue weighted by Crippen LogP contribution is 2.21. The van der Waals surface area contributed by atoms with Crippen LogP contribution in [0.5, 0.6) is 0 Å². The van der Waals surface area contributed by atoms with Crippen molar-refractivity contribution in [2.24, 2.45) is 0 Å². The minimum atomic E-state index is -0.460. The number of carbonyl (C=O) groups is 2. The average Bonchev–Trinajstić information content (AvgIpc) is 3.19. The van der Waals surface area contributed by atoms with Crippen molar-refractivity contribution in [3.8, 4) is 0 Å². The molecule has 0 saturated carbocycles. The zero-order chi connectivity index (χ0) is 19.2.